The monoisotopic (exact) mass is 259 g/mol. The van der Waals surface area contributed by atoms with Crippen LogP contribution in [0.1, 0.15) is 38.7 Å². The molecule has 0 aliphatic heterocycles. The molecule has 0 radical (unpaired) electrons. The first-order valence-electron chi connectivity index (χ1n) is 6.45. The molecule has 0 amide bonds. The van der Waals surface area contributed by atoms with E-state index in [1.54, 1.807) is 0 Å². The fourth-order valence-electron chi connectivity index (χ4n) is 2.07. The molecule has 0 spiro atoms. The van der Waals surface area contributed by atoms with Gasteiger partial charge in [-0.25, -0.2) is 13.2 Å². The Morgan fingerprint density at radius 3 is 2.39 bits per heavy atom. The van der Waals surface area contributed by atoms with Gasteiger partial charge in [0.1, 0.15) is 0 Å². The summed E-state index contributed by atoms with van der Waals surface area (Å²) in [4.78, 5) is 0. The van der Waals surface area contributed by atoms with Gasteiger partial charge in [-0.1, -0.05) is 26.3 Å². The smallest absolute Gasteiger partial charge is 0.194 e. The molecule has 0 bridgehead atoms. The molecule has 1 nitrogen and oxygen atoms in total. The van der Waals surface area contributed by atoms with Crippen molar-refractivity contribution in [1.29, 1.82) is 0 Å². The third-order valence-electron chi connectivity index (χ3n) is 3.01. The Bertz CT molecular complexity index is 374. The summed E-state index contributed by atoms with van der Waals surface area (Å²) in [5.74, 6) is -3.56. The lowest BCUT2D eigenvalue weighted by molar-refractivity contribution is 0.429. The number of aryl methyl sites for hydroxylation is 1. The third kappa shape index (κ3) is 4.02. The fourth-order valence-corrected chi connectivity index (χ4v) is 2.07. The number of halogens is 3. The highest BCUT2D eigenvalue weighted by Crippen LogP contribution is 2.17. The summed E-state index contributed by atoms with van der Waals surface area (Å²) < 4.78 is 39.3. The van der Waals surface area contributed by atoms with E-state index < -0.39 is 17.5 Å². The van der Waals surface area contributed by atoms with Crippen molar-refractivity contribution >= 4 is 0 Å². The van der Waals surface area contributed by atoms with Crippen molar-refractivity contribution in [1.82, 2.24) is 5.32 Å². The van der Waals surface area contributed by atoms with Crippen LogP contribution in [0.25, 0.3) is 0 Å². The van der Waals surface area contributed by atoms with Crippen LogP contribution in [0.5, 0.6) is 0 Å². The zero-order valence-electron chi connectivity index (χ0n) is 10.9. The molecule has 4 heteroatoms. The molecule has 18 heavy (non-hydrogen) atoms. The zero-order valence-corrected chi connectivity index (χ0v) is 10.9. The van der Waals surface area contributed by atoms with E-state index in [-0.39, 0.29) is 5.56 Å². The second kappa shape index (κ2) is 7.41. The Kier molecular flexibility index (Phi) is 6.19. The van der Waals surface area contributed by atoms with Gasteiger partial charge in [-0.05, 0) is 37.4 Å². The Hall–Kier alpha value is -1.03. The summed E-state index contributed by atoms with van der Waals surface area (Å²) in [7, 11) is 0. The molecule has 0 aromatic heterocycles. The normalized spacial score (nSPS) is 12.7. The molecule has 0 aliphatic rings. The minimum Gasteiger partial charge on any atom is -0.314 e. The van der Waals surface area contributed by atoms with Crippen LogP contribution in [-0.2, 0) is 6.42 Å². The molecule has 0 saturated carbocycles. The zero-order chi connectivity index (χ0) is 13.5. The van der Waals surface area contributed by atoms with Crippen molar-refractivity contribution in [3.05, 3.63) is 35.1 Å². The molecule has 0 aliphatic carbocycles. The molecule has 0 heterocycles. The lowest BCUT2D eigenvalue weighted by Crippen LogP contribution is -2.29. The van der Waals surface area contributed by atoms with Crippen LogP contribution in [0.4, 0.5) is 13.2 Å². The summed E-state index contributed by atoms with van der Waals surface area (Å²) in [6.45, 7) is 4.95. The average molecular weight is 259 g/mol. The van der Waals surface area contributed by atoms with E-state index in [1.165, 1.54) is 6.07 Å². The third-order valence-corrected chi connectivity index (χ3v) is 3.01. The summed E-state index contributed by atoms with van der Waals surface area (Å²) in [6.07, 6.45) is 3.18. The Morgan fingerprint density at radius 1 is 1.06 bits per heavy atom. The summed E-state index contributed by atoms with van der Waals surface area (Å²) in [5.41, 5.74) is 0.243. The molecule has 1 N–H and O–H groups in total. The Balaban J connectivity index is 2.64. The first-order valence-corrected chi connectivity index (χ1v) is 6.45. The predicted octanol–water partition coefficient (Wildman–Crippen LogP) is 3.81. The van der Waals surface area contributed by atoms with Crippen LogP contribution in [0.2, 0.25) is 0 Å². The Labute approximate surface area is 106 Å². The van der Waals surface area contributed by atoms with Crippen molar-refractivity contribution in [3.63, 3.8) is 0 Å². The predicted molar refractivity (Wildman–Crippen MR) is 67.0 cm³/mol. The first kappa shape index (κ1) is 15.0. The minimum absolute atomic E-state index is 0.243. The summed E-state index contributed by atoms with van der Waals surface area (Å²) in [6, 6.07) is 2.60. The molecule has 1 rings (SSSR count). The molecule has 0 saturated heterocycles. The van der Waals surface area contributed by atoms with E-state index in [9.17, 15) is 13.2 Å². The van der Waals surface area contributed by atoms with Crippen molar-refractivity contribution in [2.24, 2.45) is 0 Å². The second-order valence-corrected chi connectivity index (χ2v) is 4.42. The highest BCUT2D eigenvalue weighted by Gasteiger charge is 2.14. The largest absolute Gasteiger partial charge is 0.314 e. The van der Waals surface area contributed by atoms with Gasteiger partial charge in [0.05, 0.1) is 0 Å². The molecule has 102 valence electrons. The maximum atomic E-state index is 13.4. The number of hydrogen-bond donors (Lipinski definition) is 1. The van der Waals surface area contributed by atoms with Gasteiger partial charge in [-0.15, -0.1) is 0 Å². The van der Waals surface area contributed by atoms with Crippen LogP contribution in [0, 0.1) is 17.5 Å². The number of rotatable bonds is 7. The number of nitrogens with one attached hydrogen (secondary N) is 1. The van der Waals surface area contributed by atoms with Crippen molar-refractivity contribution in [2.75, 3.05) is 6.54 Å². The van der Waals surface area contributed by atoms with Gasteiger partial charge in [0, 0.05) is 6.04 Å². The van der Waals surface area contributed by atoms with Gasteiger partial charge in [0.25, 0.3) is 0 Å². The molecule has 1 aromatic rings. The maximum Gasteiger partial charge on any atom is 0.194 e. The van der Waals surface area contributed by atoms with Crippen LogP contribution < -0.4 is 5.32 Å². The van der Waals surface area contributed by atoms with E-state index in [2.05, 4.69) is 12.2 Å². The average Bonchev–Trinajstić information content (AvgIpc) is 2.35. The highest BCUT2D eigenvalue weighted by atomic mass is 19.2. The molecular weight excluding hydrogens is 239 g/mol. The molecule has 1 atom stereocenters. The van der Waals surface area contributed by atoms with Crippen molar-refractivity contribution in [2.45, 2.75) is 45.6 Å². The summed E-state index contributed by atoms with van der Waals surface area (Å²) >= 11 is 0. The first-order chi connectivity index (χ1) is 8.60. The topological polar surface area (TPSA) is 12.0 Å². The Morgan fingerprint density at radius 2 is 1.78 bits per heavy atom. The number of hydrogen-bond acceptors (Lipinski definition) is 1. The van der Waals surface area contributed by atoms with Gasteiger partial charge < -0.3 is 5.32 Å². The standard InChI is InChI=1S/C14H20F3N/c1-3-5-11(18-4-2)8-6-10-7-9-12(15)14(17)13(10)16/h7,9,11,18H,3-6,8H2,1-2H3. The van der Waals surface area contributed by atoms with Crippen LogP contribution in [0.15, 0.2) is 12.1 Å². The number of benzene rings is 1. The van der Waals surface area contributed by atoms with E-state index in [0.717, 1.165) is 31.9 Å². The van der Waals surface area contributed by atoms with Gasteiger partial charge >= 0.3 is 0 Å². The van der Waals surface area contributed by atoms with Gasteiger partial charge in [-0.2, -0.15) is 0 Å². The molecule has 1 aromatic carbocycles. The van der Waals surface area contributed by atoms with Crippen LogP contribution in [-0.4, -0.2) is 12.6 Å². The fraction of sp³-hybridized carbons (Fsp3) is 0.571. The van der Waals surface area contributed by atoms with Crippen LogP contribution in [0.3, 0.4) is 0 Å². The van der Waals surface area contributed by atoms with E-state index in [0.29, 0.717) is 12.5 Å². The SMILES string of the molecule is CCCC(CCc1ccc(F)c(F)c1F)NCC. The van der Waals surface area contributed by atoms with E-state index in [4.69, 9.17) is 0 Å². The molecule has 0 fully saturated rings. The molecular formula is C14H20F3N. The quantitative estimate of drug-likeness (QED) is 0.734. The lowest BCUT2D eigenvalue weighted by Gasteiger charge is -2.17. The lowest BCUT2D eigenvalue weighted by atomic mass is 10.0. The van der Waals surface area contributed by atoms with Crippen molar-refractivity contribution in [3.8, 4) is 0 Å². The van der Waals surface area contributed by atoms with E-state index >= 15 is 0 Å². The second-order valence-electron chi connectivity index (χ2n) is 4.42. The summed E-state index contributed by atoms with van der Waals surface area (Å²) in [5, 5.41) is 3.31. The highest BCUT2D eigenvalue weighted by molar-refractivity contribution is 5.20. The van der Waals surface area contributed by atoms with Crippen LogP contribution >= 0.6 is 0 Å². The van der Waals surface area contributed by atoms with Gasteiger partial charge in [0.2, 0.25) is 0 Å². The minimum atomic E-state index is -1.37. The van der Waals surface area contributed by atoms with Gasteiger partial charge in [-0.3, -0.25) is 0 Å². The van der Waals surface area contributed by atoms with Crippen molar-refractivity contribution < 1.29 is 13.2 Å². The maximum absolute atomic E-state index is 13.4. The van der Waals surface area contributed by atoms with E-state index in [1.807, 2.05) is 6.92 Å². The van der Waals surface area contributed by atoms with Gasteiger partial charge in [0.15, 0.2) is 17.5 Å². The molecule has 1 unspecified atom stereocenters.